The fraction of sp³-hybridized carbons (Fsp3) is 0.310. The maximum Gasteiger partial charge on any atom is 0.120 e. The van der Waals surface area contributed by atoms with Crippen molar-refractivity contribution in [3.8, 4) is 28.7 Å². The zero-order chi connectivity index (χ0) is 22.8. The quantitative estimate of drug-likeness (QED) is 0.319. The van der Waals surface area contributed by atoms with Crippen LogP contribution in [-0.2, 0) is 13.2 Å². The number of nitrogens with zero attached hydrogens (tertiary/aromatic N) is 1. The van der Waals surface area contributed by atoms with Crippen LogP contribution in [0.1, 0.15) is 38.8 Å². The first-order valence-corrected chi connectivity index (χ1v) is 12.1. The normalized spacial score (nSPS) is 11.5. The second-order valence-electron chi connectivity index (χ2n) is 8.90. The van der Waals surface area contributed by atoms with Crippen molar-refractivity contribution in [1.82, 2.24) is 4.90 Å². The fourth-order valence-corrected chi connectivity index (χ4v) is 3.93. The van der Waals surface area contributed by atoms with Crippen LogP contribution in [0.4, 0.5) is 0 Å². The van der Waals surface area contributed by atoms with E-state index in [0.29, 0.717) is 6.61 Å². The van der Waals surface area contributed by atoms with Gasteiger partial charge in [-0.15, -0.1) is 0 Å². The highest BCUT2D eigenvalue weighted by Gasteiger charge is 2.05. The minimum atomic E-state index is 0.0442. The summed E-state index contributed by atoms with van der Waals surface area (Å²) >= 11 is 1.71. The Kier molecular flexibility index (Phi) is 8.73. The zero-order valence-electron chi connectivity index (χ0n) is 19.6. The Morgan fingerprint density at radius 1 is 1.00 bits per heavy atom. The number of thiophene rings is 1. The molecule has 0 atom stereocenters. The number of hydrogen-bond acceptors (Lipinski definition) is 3. The molecule has 3 rings (SSSR count). The lowest BCUT2D eigenvalue weighted by Crippen LogP contribution is -2.22. The summed E-state index contributed by atoms with van der Waals surface area (Å²) in [7, 11) is 0. The van der Waals surface area contributed by atoms with Gasteiger partial charge >= 0.3 is 0 Å². The molecule has 2 aromatic carbocycles. The summed E-state index contributed by atoms with van der Waals surface area (Å²) in [6.45, 7) is 11.9. The van der Waals surface area contributed by atoms with E-state index in [0.717, 1.165) is 25.4 Å². The molecule has 1 aromatic heterocycles. The van der Waals surface area contributed by atoms with E-state index in [1.54, 1.807) is 11.3 Å². The summed E-state index contributed by atoms with van der Waals surface area (Å²) in [5, 5.41) is 4.26. The van der Waals surface area contributed by atoms with Crippen LogP contribution < -0.4 is 4.74 Å². The molecule has 166 valence electrons. The van der Waals surface area contributed by atoms with Gasteiger partial charge < -0.3 is 4.74 Å². The molecule has 2 nitrogen and oxygen atoms in total. The second kappa shape index (κ2) is 11.7. The lowest BCUT2D eigenvalue weighted by atomic mass is 9.98. The van der Waals surface area contributed by atoms with Crippen LogP contribution in [0.2, 0.25) is 0 Å². The van der Waals surface area contributed by atoms with Crippen molar-refractivity contribution in [2.24, 2.45) is 5.41 Å². The smallest absolute Gasteiger partial charge is 0.120 e. The van der Waals surface area contributed by atoms with Gasteiger partial charge in [0, 0.05) is 18.5 Å². The van der Waals surface area contributed by atoms with Gasteiger partial charge in [-0.05, 0) is 84.6 Å². The van der Waals surface area contributed by atoms with E-state index in [1.807, 2.05) is 12.1 Å². The molecular formula is C29H33NOS. The summed E-state index contributed by atoms with van der Waals surface area (Å²) in [6.07, 6.45) is 4.12. The number of benzene rings is 2. The van der Waals surface area contributed by atoms with E-state index >= 15 is 0 Å². The van der Waals surface area contributed by atoms with Crippen LogP contribution in [0.15, 0.2) is 77.5 Å². The predicted octanol–water partition coefficient (Wildman–Crippen LogP) is 7.42. The third-order valence-electron chi connectivity index (χ3n) is 4.95. The molecule has 0 amide bonds. The van der Waals surface area contributed by atoms with Crippen molar-refractivity contribution in [3.05, 3.63) is 88.6 Å². The van der Waals surface area contributed by atoms with Crippen LogP contribution in [0.25, 0.3) is 11.1 Å². The van der Waals surface area contributed by atoms with Crippen LogP contribution in [0.5, 0.6) is 5.75 Å². The Morgan fingerprint density at radius 3 is 2.56 bits per heavy atom. The summed E-state index contributed by atoms with van der Waals surface area (Å²) < 4.78 is 6.10. The van der Waals surface area contributed by atoms with Gasteiger partial charge in [-0.3, -0.25) is 4.90 Å². The highest BCUT2D eigenvalue weighted by Crippen LogP contribution is 2.26. The Balaban J connectivity index is 1.56. The molecule has 0 saturated carbocycles. The Bertz CT molecular complexity index is 1060. The summed E-state index contributed by atoms with van der Waals surface area (Å²) in [5.74, 6) is 7.29. The SMILES string of the molecule is CCN(C/C=C/C#CC(C)(C)C)Cc1cccc(COc2cccc(-c3ccsc3)c2)c1. The number of rotatable bonds is 9. The topological polar surface area (TPSA) is 12.5 Å². The van der Waals surface area contributed by atoms with Crippen LogP contribution in [-0.4, -0.2) is 18.0 Å². The standard InChI is InChI=1S/C29H33NOS/c1-5-30(17-8-6-7-16-29(2,3)4)21-24-11-9-12-25(19-24)22-31-28-14-10-13-26(20-28)27-15-18-32-23-27/h6,8-15,18-20,23H,5,17,21-22H2,1-4H3/b8-6+. The number of hydrogen-bond donors (Lipinski definition) is 0. The molecule has 0 spiro atoms. The summed E-state index contributed by atoms with van der Waals surface area (Å²) in [4.78, 5) is 2.40. The van der Waals surface area contributed by atoms with Crippen molar-refractivity contribution < 1.29 is 4.74 Å². The Morgan fingerprint density at radius 2 is 1.81 bits per heavy atom. The van der Waals surface area contributed by atoms with Crippen molar-refractivity contribution in [2.75, 3.05) is 13.1 Å². The minimum absolute atomic E-state index is 0.0442. The van der Waals surface area contributed by atoms with Crippen LogP contribution >= 0.6 is 11.3 Å². The lowest BCUT2D eigenvalue weighted by Gasteiger charge is -2.19. The molecule has 0 saturated heterocycles. The van der Waals surface area contributed by atoms with Crippen molar-refractivity contribution in [3.63, 3.8) is 0 Å². The van der Waals surface area contributed by atoms with Gasteiger partial charge in [-0.1, -0.05) is 61.2 Å². The molecule has 0 aliphatic rings. The van der Waals surface area contributed by atoms with Gasteiger partial charge in [-0.25, -0.2) is 0 Å². The van der Waals surface area contributed by atoms with E-state index in [-0.39, 0.29) is 5.41 Å². The van der Waals surface area contributed by atoms with Gasteiger partial charge in [0.1, 0.15) is 12.4 Å². The Hall–Kier alpha value is -2.80. The average molecular weight is 444 g/mol. The zero-order valence-corrected chi connectivity index (χ0v) is 20.4. The van der Waals surface area contributed by atoms with E-state index < -0.39 is 0 Å². The van der Waals surface area contributed by atoms with E-state index in [2.05, 4.69) is 110 Å². The molecule has 0 bridgehead atoms. The van der Waals surface area contributed by atoms with Gasteiger partial charge in [0.2, 0.25) is 0 Å². The monoisotopic (exact) mass is 443 g/mol. The maximum absolute atomic E-state index is 6.10. The molecule has 0 aliphatic heterocycles. The predicted molar refractivity (Wildman–Crippen MR) is 138 cm³/mol. The molecule has 32 heavy (non-hydrogen) atoms. The van der Waals surface area contributed by atoms with Gasteiger partial charge in [0.25, 0.3) is 0 Å². The molecule has 0 unspecified atom stereocenters. The Labute approximate surface area is 197 Å². The van der Waals surface area contributed by atoms with Crippen LogP contribution in [0, 0.1) is 17.3 Å². The summed E-state index contributed by atoms with van der Waals surface area (Å²) in [6, 6.07) is 19.1. The van der Waals surface area contributed by atoms with E-state index in [1.165, 1.54) is 22.3 Å². The molecule has 0 radical (unpaired) electrons. The molecule has 3 aromatic rings. The molecule has 0 N–H and O–H groups in total. The molecular weight excluding hydrogens is 410 g/mol. The van der Waals surface area contributed by atoms with Crippen molar-refractivity contribution in [2.45, 2.75) is 40.8 Å². The first-order valence-electron chi connectivity index (χ1n) is 11.2. The highest BCUT2D eigenvalue weighted by atomic mass is 32.1. The first-order chi connectivity index (χ1) is 15.4. The number of allylic oxidation sites excluding steroid dienone is 1. The molecule has 1 heterocycles. The maximum atomic E-state index is 6.10. The summed E-state index contributed by atoms with van der Waals surface area (Å²) in [5.41, 5.74) is 4.96. The van der Waals surface area contributed by atoms with Crippen LogP contribution in [0.3, 0.4) is 0 Å². The fourth-order valence-electron chi connectivity index (χ4n) is 3.26. The highest BCUT2D eigenvalue weighted by molar-refractivity contribution is 7.08. The number of ether oxygens (including phenoxy) is 1. The average Bonchev–Trinajstić information content (AvgIpc) is 3.31. The molecule has 0 fully saturated rings. The van der Waals surface area contributed by atoms with E-state index in [9.17, 15) is 0 Å². The minimum Gasteiger partial charge on any atom is -0.489 e. The number of likely N-dealkylation sites (N-methyl/N-ethyl adjacent to an activating group) is 1. The van der Waals surface area contributed by atoms with Gasteiger partial charge in [-0.2, -0.15) is 11.3 Å². The van der Waals surface area contributed by atoms with E-state index in [4.69, 9.17) is 4.74 Å². The molecule has 0 aliphatic carbocycles. The third kappa shape index (κ3) is 8.04. The van der Waals surface area contributed by atoms with Crippen molar-refractivity contribution in [1.29, 1.82) is 0 Å². The van der Waals surface area contributed by atoms with Gasteiger partial charge in [0.15, 0.2) is 0 Å². The lowest BCUT2D eigenvalue weighted by molar-refractivity contribution is 0.302. The largest absolute Gasteiger partial charge is 0.489 e. The third-order valence-corrected chi connectivity index (χ3v) is 5.63. The van der Waals surface area contributed by atoms with Crippen molar-refractivity contribution >= 4 is 11.3 Å². The molecule has 3 heteroatoms. The second-order valence-corrected chi connectivity index (χ2v) is 9.68. The van der Waals surface area contributed by atoms with Gasteiger partial charge in [0.05, 0.1) is 0 Å². The first kappa shape index (κ1) is 23.9.